The first-order chi connectivity index (χ1) is 6.83. The lowest BCUT2D eigenvalue weighted by Gasteiger charge is -1.97. The maximum Gasteiger partial charge on any atom is -0.0281 e. The van der Waals surface area contributed by atoms with E-state index >= 15 is 0 Å². The third-order valence-electron chi connectivity index (χ3n) is 1.62. The predicted octanol–water partition coefficient (Wildman–Crippen LogP) is 4.78. The minimum atomic E-state index is 1.21. The van der Waals surface area contributed by atoms with Gasteiger partial charge in [0.05, 0.1) is 0 Å². The summed E-state index contributed by atoms with van der Waals surface area (Å²) in [7, 11) is 0. The fourth-order valence-corrected chi connectivity index (χ4v) is 1.16. The zero-order valence-corrected chi connectivity index (χ0v) is 10.1. The zero-order valence-electron chi connectivity index (χ0n) is 10.1. The Bertz CT molecular complexity index is 213. The molecule has 1 rings (SSSR count). The van der Waals surface area contributed by atoms with Crippen molar-refractivity contribution in [3.8, 4) is 0 Å². The summed E-state index contributed by atoms with van der Waals surface area (Å²) < 4.78 is 0. The Kier molecular flexibility index (Phi) is 13.2. The molecular formula is C14H24. The summed E-state index contributed by atoms with van der Waals surface area (Å²) in [5.74, 6) is 0. The SMILES string of the molecule is C=C.CC.CCCc1cccc(C)c1. The molecule has 0 N–H and O–H groups in total. The summed E-state index contributed by atoms with van der Waals surface area (Å²) in [6.45, 7) is 14.3. The summed E-state index contributed by atoms with van der Waals surface area (Å²) in [5, 5.41) is 0. The van der Waals surface area contributed by atoms with Gasteiger partial charge in [-0.2, -0.15) is 0 Å². The standard InChI is InChI=1S/C10H14.C2H6.C2H4/c1-3-5-10-7-4-6-9(2)8-10;2*1-2/h4,6-8H,3,5H2,1-2H3;1-2H3;1-2H2. The van der Waals surface area contributed by atoms with Gasteiger partial charge in [0.15, 0.2) is 0 Å². The van der Waals surface area contributed by atoms with Crippen LogP contribution < -0.4 is 0 Å². The molecular weight excluding hydrogens is 168 g/mol. The van der Waals surface area contributed by atoms with E-state index in [0.717, 1.165) is 0 Å². The van der Waals surface area contributed by atoms with Crippen LogP contribution in [0.15, 0.2) is 37.4 Å². The second-order valence-electron chi connectivity index (χ2n) is 2.74. The van der Waals surface area contributed by atoms with Crippen LogP contribution in [0.5, 0.6) is 0 Å². The Hall–Kier alpha value is -1.04. The number of aryl methyl sites for hydroxylation is 2. The zero-order chi connectivity index (χ0) is 11.4. The van der Waals surface area contributed by atoms with Crippen LogP contribution in [0, 0.1) is 6.92 Å². The van der Waals surface area contributed by atoms with Crippen molar-refractivity contribution in [3.05, 3.63) is 48.6 Å². The van der Waals surface area contributed by atoms with Crippen LogP contribution in [0.4, 0.5) is 0 Å². The molecule has 0 saturated carbocycles. The Morgan fingerprint density at radius 3 is 2.14 bits per heavy atom. The van der Waals surface area contributed by atoms with Gasteiger partial charge in [-0.25, -0.2) is 0 Å². The minimum Gasteiger partial charge on any atom is -0.106 e. The number of hydrogen-bond acceptors (Lipinski definition) is 0. The van der Waals surface area contributed by atoms with Crippen LogP contribution in [0.1, 0.15) is 38.3 Å². The maximum absolute atomic E-state index is 3.00. The van der Waals surface area contributed by atoms with Gasteiger partial charge in [-0.05, 0) is 18.9 Å². The van der Waals surface area contributed by atoms with E-state index in [9.17, 15) is 0 Å². The van der Waals surface area contributed by atoms with Gasteiger partial charge in [0.1, 0.15) is 0 Å². The van der Waals surface area contributed by atoms with Crippen molar-refractivity contribution in [3.63, 3.8) is 0 Å². The van der Waals surface area contributed by atoms with Gasteiger partial charge in [-0.1, -0.05) is 57.0 Å². The van der Waals surface area contributed by atoms with E-state index in [2.05, 4.69) is 51.3 Å². The molecule has 0 fully saturated rings. The van der Waals surface area contributed by atoms with E-state index in [-0.39, 0.29) is 0 Å². The Labute approximate surface area is 89.7 Å². The molecule has 0 heteroatoms. The van der Waals surface area contributed by atoms with E-state index in [4.69, 9.17) is 0 Å². The van der Waals surface area contributed by atoms with Crippen LogP contribution in [0.25, 0.3) is 0 Å². The first-order valence-electron chi connectivity index (χ1n) is 5.38. The van der Waals surface area contributed by atoms with Crippen molar-refractivity contribution in [2.45, 2.75) is 40.5 Å². The molecule has 0 spiro atoms. The van der Waals surface area contributed by atoms with Crippen molar-refractivity contribution < 1.29 is 0 Å². The first kappa shape index (κ1) is 15.4. The number of rotatable bonds is 2. The van der Waals surface area contributed by atoms with Gasteiger partial charge in [0.2, 0.25) is 0 Å². The molecule has 0 aliphatic rings. The highest BCUT2D eigenvalue weighted by Gasteiger charge is 1.88. The second kappa shape index (κ2) is 12.0. The van der Waals surface area contributed by atoms with Gasteiger partial charge in [-0.15, -0.1) is 13.2 Å². The lowest BCUT2D eigenvalue weighted by Crippen LogP contribution is -1.82. The second-order valence-corrected chi connectivity index (χ2v) is 2.74. The average Bonchev–Trinajstić information content (AvgIpc) is 2.24. The molecule has 0 aliphatic carbocycles. The monoisotopic (exact) mass is 192 g/mol. The highest BCUT2D eigenvalue weighted by atomic mass is 13.9. The van der Waals surface area contributed by atoms with Gasteiger partial charge >= 0.3 is 0 Å². The number of benzene rings is 1. The molecule has 0 radical (unpaired) electrons. The minimum absolute atomic E-state index is 1.21. The normalized spacial score (nSPS) is 7.71. The highest BCUT2D eigenvalue weighted by molar-refractivity contribution is 5.21. The van der Waals surface area contributed by atoms with Crippen molar-refractivity contribution in [2.24, 2.45) is 0 Å². The van der Waals surface area contributed by atoms with Crippen LogP contribution in [-0.2, 0) is 6.42 Å². The summed E-state index contributed by atoms with van der Waals surface area (Å²) >= 11 is 0. The molecule has 0 atom stereocenters. The van der Waals surface area contributed by atoms with Crippen molar-refractivity contribution >= 4 is 0 Å². The fraction of sp³-hybridized carbons (Fsp3) is 0.429. The molecule has 0 bridgehead atoms. The Morgan fingerprint density at radius 2 is 1.71 bits per heavy atom. The lowest BCUT2D eigenvalue weighted by molar-refractivity contribution is 0.920. The Balaban J connectivity index is 0. The maximum atomic E-state index is 3.00. The van der Waals surface area contributed by atoms with E-state index in [1.165, 1.54) is 24.0 Å². The molecule has 0 saturated heterocycles. The predicted molar refractivity (Wildman–Crippen MR) is 67.8 cm³/mol. The summed E-state index contributed by atoms with van der Waals surface area (Å²) in [6.07, 6.45) is 2.45. The molecule has 0 amide bonds. The van der Waals surface area contributed by atoms with E-state index in [0.29, 0.717) is 0 Å². The molecule has 0 aromatic heterocycles. The smallest absolute Gasteiger partial charge is 0.0281 e. The van der Waals surface area contributed by atoms with Crippen LogP contribution in [0.2, 0.25) is 0 Å². The van der Waals surface area contributed by atoms with Crippen LogP contribution >= 0.6 is 0 Å². The van der Waals surface area contributed by atoms with E-state index in [1.807, 2.05) is 13.8 Å². The average molecular weight is 192 g/mol. The summed E-state index contributed by atoms with van der Waals surface area (Å²) in [5.41, 5.74) is 2.83. The van der Waals surface area contributed by atoms with Crippen molar-refractivity contribution in [1.82, 2.24) is 0 Å². The lowest BCUT2D eigenvalue weighted by atomic mass is 10.1. The molecule has 0 nitrogen and oxygen atoms in total. The van der Waals surface area contributed by atoms with Gasteiger partial charge < -0.3 is 0 Å². The third-order valence-corrected chi connectivity index (χ3v) is 1.62. The van der Waals surface area contributed by atoms with Gasteiger partial charge in [0, 0.05) is 0 Å². The highest BCUT2D eigenvalue weighted by Crippen LogP contribution is 2.05. The molecule has 1 aromatic rings. The van der Waals surface area contributed by atoms with E-state index in [1.54, 1.807) is 0 Å². The van der Waals surface area contributed by atoms with Gasteiger partial charge in [0.25, 0.3) is 0 Å². The number of hydrogen-bond donors (Lipinski definition) is 0. The summed E-state index contributed by atoms with van der Waals surface area (Å²) in [4.78, 5) is 0. The fourth-order valence-electron chi connectivity index (χ4n) is 1.16. The quantitative estimate of drug-likeness (QED) is 0.592. The molecule has 1 aromatic carbocycles. The largest absolute Gasteiger partial charge is 0.106 e. The molecule has 14 heavy (non-hydrogen) atoms. The first-order valence-corrected chi connectivity index (χ1v) is 5.38. The summed E-state index contributed by atoms with van der Waals surface area (Å²) in [6, 6.07) is 8.71. The van der Waals surface area contributed by atoms with Crippen molar-refractivity contribution in [2.75, 3.05) is 0 Å². The molecule has 80 valence electrons. The molecule has 0 unspecified atom stereocenters. The topological polar surface area (TPSA) is 0 Å². The van der Waals surface area contributed by atoms with E-state index < -0.39 is 0 Å². The molecule has 0 aliphatic heterocycles. The Morgan fingerprint density at radius 1 is 1.14 bits per heavy atom. The third kappa shape index (κ3) is 7.60. The van der Waals surface area contributed by atoms with Crippen LogP contribution in [0.3, 0.4) is 0 Å². The van der Waals surface area contributed by atoms with Gasteiger partial charge in [-0.3, -0.25) is 0 Å². The van der Waals surface area contributed by atoms with Crippen LogP contribution in [-0.4, -0.2) is 0 Å². The molecule has 0 heterocycles. The van der Waals surface area contributed by atoms with Crippen molar-refractivity contribution in [1.29, 1.82) is 0 Å².